The molecule has 0 radical (unpaired) electrons. The fraction of sp³-hybridized carbons (Fsp3) is 0.444. The number of carbonyl (C=O) groups excluding carboxylic acids is 2. The molecule has 7 nitrogen and oxygen atoms in total. The third-order valence-corrected chi connectivity index (χ3v) is 6.32. The van der Waals surface area contributed by atoms with E-state index >= 15 is 0 Å². The second-order valence-corrected chi connectivity index (χ2v) is 9.14. The van der Waals surface area contributed by atoms with Crippen LogP contribution in [0.4, 0.5) is 0 Å². The van der Waals surface area contributed by atoms with E-state index in [1.165, 1.54) is 0 Å². The van der Waals surface area contributed by atoms with Crippen LogP contribution in [0, 0.1) is 5.92 Å². The van der Waals surface area contributed by atoms with Gasteiger partial charge in [-0.2, -0.15) is 0 Å². The van der Waals surface area contributed by atoms with Crippen LogP contribution in [0.3, 0.4) is 0 Å². The third kappa shape index (κ3) is 7.99. The van der Waals surface area contributed by atoms with E-state index in [2.05, 4.69) is 5.32 Å². The maximum atomic E-state index is 12.5. The van der Waals surface area contributed by atoms with Crippen LogP contribution in [-0.2, 0) is 4.79 Å². The molecule has 1 fully saturated rings. The highest BCUT2D eigenvalue weighted by atomic mass is 35.5. The van der Waals surface area contributed by atoms with Gasteiger partial charge < -0.3 is 19.9 Å². The number of ketones is 1. The molecule has 0 spiro atoms. The normalized spacial score (nSPS) is 17.4. The van der Waals surface area contributed by atoms with Gasteiger partial charge in [0, 0.05) is 24.1 Å². The minimum Gasteiger partial charge on any atom is -0.492 e. The van der Waals surface area contributed by atoms with Crippen molar-refractivity contribution in [1.29, 1.82) is 0 Å². The molecule has 0 atom stereocenters. The highest BCUT2D eigenvalue weighted by Crippen LogP contribution is 2.28. The highest BCUT2D eigenvalue weighted by Gasteiger charge is 2.26. The van der Waals surface area contributed by atoms with Gasteiger partial charge in [0.1, 0.15) is 11.5 Å². The first kappa shape index (κ1) is 26.5. The zero-order valence-corrected chi connectivity index (χ0v) is 20.7. The summed E-state index contributed by atoms with van der Waals surface area (Å²) in [5.41, 5.74) is 1.03. The number of carboxylic acids is 1. The number of ether oxygens (including phenoxy) is 2. The molecular weight excluding hydrogens is 470 g/mol. The lowest BCUT2D eigenvalue weighted by atomic mass is 9.87. The number of aliphatic carboxylic acids is 1. The van der Waals surface area contributed by atoms with Crippen LogP contribution in [0.1, 0.15) is 72.6 Å². The Hall–Kier alpha value is -3.06. The molecule has 0 aliphatic heterocycles. The summed E-state index contributed by atoms with van der Waals surface area (Å²) in [6.45, 7) is 2.93. The van der Waals surface area contributed by atoms with Crippen molar-refractivity contribution >= 4 is 29.3 Å². The lowest BCUT2D eigenvalue weighted by Gasteiger charge is -2.26. The summed E-state index contributed by atoms with van der Waals surface area (Å²) < 4.78 is 11.5. The van der Waals surface area contributed by atoms with E-state index in [1.54, 1.807) is 42.5 Å². The van der Waals surface area contributed by atoms with Gasteiger partial charge in [0.05, 0.1) is 23.7 Å². The quantitative estimate of drug-likeness (QED) is 0.292. The average molecular weight is 502 g/mol. The smallest absolute Gasteiger partial charge is 0.306 e. The number of halogens is 1. The predicted octanol–water partition coefficient (Wildman–Crippen LogP) is 5.54. The van der Waals surface area contributed by atoms with Crippen molar-refractivity contribution in [2.45, 2.75) is 58.0 Å². The fourth-order valence-corrected chi connectivity index (χ4v) is 4.24. The standard InChI is InChI=1S/C27H32ClNO6/c1-2-16-34-25-14-9-20(17-23(25)28)26(31)29-15-3-4-24(30)18-5-10-21(11-6-18)35-22-12-7-19(8-13-22)27(32)33/h5-6,9-11,14,17,19,22H,2-4,7-8,12-13,15-16H2,1H3,(H,29,31)(H,32,33). The van der Waals surface area contributed by atoms with Gasteiger partial charge in [-0.3, -0.25) is 14.4 Å². The molecule has 188 valence electrons. The topological polar surface area (TPSA) is 102 Å². The number of Topliss-reactive ketones (excluding diaryl/α,β-unsaturated/α-hetero) is 1. The zero-order valence-electron chi connectivity index (χ0n) is 19.9. The molecule has 0 unspecified atom stereocenters. The van der Waals surface area contributed by atoms with Crippen LogP contribution in [0.25, 0.3) is 0 Å². The van der Waals surface area contributed by atoms with Crippen molar-refractivity contribution in [3.05, 3.63) is 58.6 Å². The molecule has 0 bridgehead atoms. The number of carbonyl (C=O) groups is 3. The van der Waals surface area contributed by atoms with Gasteiger partial charge >= 0.3 is 5.97 Å². The van der Waals surface area contributed by atoms with Gasteiger partial charge in [-0.25, -0.2) is 0 Å². The van der Waals surface area contributed by atoms with E-state index in [4.69, 9.17) is 26.2 Å². The molecule has 1 aliphatic carbocycles. The third-order valence-electron chi connectivity index (χ3n) is 6.02. The second-order valence-electron chi connectivity index (χ2n) is 8.73. The minimum absolute atomic E-state index is 0.00529. The monoisotopic (exact) mass is 501 g/mol. The van der Waals surface area contributed by atoms with Gasteiger partial charge in [-0.05, 0) is 81.0 Å². The Bertz CT molecular complexity index is 1010. The Labute approximate surface area is 210 Å². The molecule has 3 rings (SSSR count). The summed E-state index contributed by atoms with van der Waals surface area (Å²) in [6, 6.07) is 12.0. The van der Waals surface area contributed by atoms with E-state index in [0.717, 1.165) is 6.42 Å². The lowest BCUT2D eigenvalue weighted by molar-refractivity contribution is -0.143. The zero-order chi connectivity index (χ0) is 25.2. The first-order chi connectivity index (χ1) is 16.9. The predicted molar refractivity (Wildman–Crippen MR) is 134 cm³/mol. The van der Waals surface area contributed by atoms with Crippen molar-refractivity contribution in [3.63, 3.8) is 0 Å². The summed E-state index contributed by atoms with van der Waals surface area (Å²) in [4.78, 5) is 35.9. The lowest BCUT2D eigenvalue weighted by Crippen LogP contribution is -2.27. The molecule has 0 heterocycles. The molecule has 8 heteroatoms. The molecule has 0 saturated heterocycles. The summed E-state index contributed by atoms with van der Waals surface area (Å²) >= 11 is 6.18. The maximum Gasteiger partial charge on any atom is 0.306 e. The van der Waals surface area contributed by atoms with Crippen LogP contribution >= 0.6 is 11.6 Å². The first-order valence-corrected chi connectivity index (χ1v) is 12.5. The summed E-state index contributed by atoms with van der Waals surface area (Å²) in [5, 5.41) is 12.3. The van der Waals surface area contributed by atoms with Crippen molar-refractivity contribution < 1.29 is 29.0 Å². The Kier molecular flexibility index (Phi) is 9.97. The largest absolute Gasteiger partial charge is 0.492 e. The average Bonchev–Trinajstić information content (AvgIpc) is 2.86. The summed E-state index contributed by atoms with van der Waals surface area (Å²) in [7, 11) is 0. The minimum atomic E-state index is -0.734. The van der Waals surface area contributed by atoms with Crippen LogP contribution in [0.15, 0.2) is 42.5 Å². The van der Waals surface area contributed by atoms with Gasteiger partial charge in [0.15, 0.2) is 5.78 Å². The Balaban J connectivity index is 1.38. The van der Waals surface area contributed by atoms with Crippen molar-refractivity contribution in [2.24, 2.45) is 5.92 Å². The molecule has 1 amide bonds. The van der Waals surface area contributed by atoms with Gasteiger partial charge in [-0.1, -0.05) is 18.5 Å². The molecule has 2 N–H and O–H groups in total. The van der Waals surface area contributed by atoms with Gasteiger partial charge in [0.25, 0.3) is 5.91 Å². The van der Waals surface area contributed by atoms with E-state index in [1.807, 2.05) is 6.92 Å². The van der Waals surface area contributed by atoms with Gasteiger partial charge in [-0.15, -0.1) is 0 Å². The number of hydrogen-bond acceptors (Lipinski definition) is 5. The number of rotatable bonds is 12. The molecule has 35 heavy (non-hydrogen) atoms. The molecule has 0 aromatic heterocycles. The van der Waals surface area contributed by atoms with Crippen molar-refractivity contribution in [3.8, 4) is 11.5 Å². The number of amides is 1. The summed E-state index contributed by atoms with van der Waals surface area (Å²) in [5.74, 6) is -0.0338. The molecule has 2 aromatic rings. The Morgan fingerprint density at radius 3 is 2.34 bits per heavy atom. The highest BCUT2D eigenvalue weighted by molar-refractivity contribution is 6.32. The Morgan fingerprint density at radius 1 is 1.03 bits per heavy atom. The van der Waals surface area contributed by atoms with E-state index in [-0.39, 0.29) is 23.7 Å². The molecule has 2 aromatic carbocycles. The van der Waals surface area contributed by atoms with E-state index in [9.17, 15) is 14.4 Å². The van der Waals surface area contributed by atoms with Crippen LogP contribution in [0.5, 0.6) is 11.5 Å². The molecule has 1 aliphatic rings. The number of hydrogen-bond donors (Lipinski definition) is 2. The van der Waals surface area contributed by atoms with Crippen LogP contribution in [-0.4, -0.2) is 42.0 Å². The van der Waals surface area contributed by atoms with E-state index < -0.39 is 5.97 Å². The SMILES string of the molecule is CCCOc1ccc(C(=O)NCCCC(=O)c2ccc(OC3CCC(C(=O)O)CC3)cc2)cc1Cl. The molecule has 1 saturated carbocycles. The Morgan fingerprint density at radius 2 is 1.71 bits per heavy atom. The maximum absolute atomic E-state index is 12.5. The van der Waals surface area contributed by atoms with Gasteiger partial charge in [0.2, 0.25) is 0 Å². The molecular formula is C27H32ClNO6. The number of nitrogens with one attached hydrogen (secondary N) is 1. The second kappa shape index (κ2) is 13.1. The van der Waals surface area contributed by atoms with Crippen LogP contribution in [0.2, 0.25) is 5.02 Å². The van der Waals surface area contributed by atoms with Crippen LogP contribution < -0.4 is 14.8 Å². The van der Waals surface area contributed by atoms with E-state index in [0.29, 0.717) is 79.3 Å². The fourth-order valence-electron chi connectivity index (χ4n) is 4.01. The summed E-state index contributed by atoms with van der Waals surface area (Å²) in [6.07, 6.45) is 4.37. The number of benzene rings is 2. The van der Waals surface area contributed by atoms with Crippen molar-refractivity contribution in [1.82, 2.24) is 5.32 Å². The number of carboxylic acid groups (broad SMARTS) is 1. The first-order valence-electron chi connectivity index (χ1n) is 12.1. The van der Waals surface area contributed by atoms with Crippen molar-refractivity contribution in [2.75, 3.05) is 13.2 Å².